The molecular formula is C36H42ClN13O4. The molecule has 8 rings (SSSR count). The van der Waals surface area contributed by atoms with E-state index < -0.39 is 24.3 Å². The molecule has 1 saturated heterocycles. The first-order valence-electron chi connectivity index (χ1n) is 17.8. The van der Waals surface area contributed by atoms with Gasteiger partial charge in [0.25, 0.3) is 0 Å². The minimum absolute atomic E-state index is 0. The number of anilines is 3. The monoisotopic (exact) mass is 755 g/mol. The molecule has 0 spiro atoms. The summed E-state index contributed by atoms with van der Waals surface area (Å²) >= 11 is 0. The average Bonchev–Trinajstić information content (AvgIpc) is 4.03. The van der Waals surface area contributed by atoms with Crippen molar-refractivity contribution in [1.82, 2.24) is 50.2 Å². The SMILES string of the molecule is CCc1nnn([C@H]2C[C@@H](n3cnc4c(NCC(c5ccccc5)c5ccccc5)nc(N5CCC(NC(=O)Nc6cc(C)on6)C5)nc43)[C@H](O)[C@@H]2O)n1.Cl. The van der Waals surface area contributed by atoms with Crippen molar-refractivity contribution in [3.05, 3.63) is 95.8 Å². The Balaban J connectivity index is 0.00000450. The van der Waals surface area contributed by atoms with Crippen molar-refractivity contribution >= 4 is 47.2 Å². The van der Waals surface area contributed by atoms with Crippen LogP contribution < -0.4 is 20.9 Å². The number of hydrogen-bond acceptors (Lipinski definition) is 13. The highest BCUT2D eigenvalue weighted by Crippen LogP contribution is 2.40. The van der Waals surface area contributed by atoms with Crippen molar-refractivity contribution in [2.45, 2.75) is 69.4 Å². The number of aliphatic hydroxyl groups excluding tert-OH is 2. The highest BCUT2D eigenvalue weighted by atomic mass is 35.5. The van der Waals surface area contributed by atoms with Crippen LogP contribution in [0.5, 0.6) is 0 Å². The number of fused-ring (bicyclic) bond motifs is 1. The van der Waals surface area contributed by atoms with Crippen molar-refractivity contribution in [3.63, 3.8) is 0 Å². The Morgan fingerprint density at radius 2 is 1.74 bits per heavy atom. The molecule has 1 aliphatic carbocycles. The number of aryl methyl sites for hydroxylation is 2. The lowest BCUT2D eigenvalue weighted by Crippen LogP contribution is -2.40. The number of carbonyl (C=O) groups is 1. The number of urea groups is 1. The van der Waals surface area contributed by atoms with E-state index >= 15 is 0 Å². The van der Waals surface area contributed by atoms with Crippen LogP contribution >= 0.6 is 12.4 Å². The van der Waals surface area contributed by atoms with Crippen LogP contribution in [0.2, 0.25) is 0 Å². The number of imidazole rings is 1. The number of nitrogens with one attached hydrogen (secondary N) is 3. The number of hydrogen-bond donors (Lipinski definition) is 5. The van der Waals surface area contributed by atoms with Gasteiger partial charge in [0.1, 0.15) is 24.0 Å². The fourth-order valence-electron chi connectivity index (χ4n) is 7.26. The third-order valence-corrected chi connectivity index (χ3v) is 10.0. The van der Waals surface area contributed by atoms with Gasteiger partial charge in [-0.25, -0.2) is 9.78 Å². The normalized spacial score (nSPS) is 21.1. The first-order chi connectivity index (χ1) is 25.8. The van der Waals surface area contributed by atoms with Crippen molar-refractivity contribution in [3.8, 4) is 0 Å². The van der Waals surface area contributed by atoms with Crippen LogP contribution in [0, 0.1) is 6.92 Å². The van der Waals surface area contributed by atoms with Crippen LogP contribution in [0.1, 0.15) is 60.5 Å². The molecule has 54 heavy (non-hydrogen) atoms. The van der Waals surface area contributed by atoms with E-state index in [1.54, 1.807) is 19.3 Å². The Morgan fingerprint density at radius 1 is 1.02 bits per heavy atom. The van der Waals surface area contributed by atoms with Gasteiger partial charge in [0.2, 0.25) is 5.95 Å². The summed E-state index contributed by atoms with van der Waals surface area (Å²) in [5.41, 5.74) is 3.33. The quantitative estimate of drug-likeness (QED) is 0.128. The predicted octanol–water partition coefficient (Wildman–Crippen LogP) is 3.65. The van der Waals surface area contributed by atoms with Crippen molar-refractivity contribution in [1.29, 1.82) is 0 Å². The maximum atomic E-state index is 12.8. The van der Waals surface area contributed by atoms with Crippen LogP contribution in [0.3, 0.4) is 0 Å². The largest absolute Gasteiger partial charge is 0.388 e. The number of carbonyl (C=O) groups excluding carboxylic acids is 1. The fourth-order valence-corrected chi connectivity index (χ4v) is 7.26. The van der Waals surface area contributed by atoms with Crippen LogP contribution in [-0.2, 0) is 6.42 Å². The van der Waals surface area contributed by atoms with E-state index in [0.29, 0.717) is 79.2 Å². The molecule has 0 bridgehead atoms. The Morgan fingerprint density at radius 3 is 2.41 bits per heavy atom. The minimum Gasteiger partial charge on any atom is -0.388 e. The maximum Gasteiger partial charge on any atom is 0.320 e. The number of benzene rings is 2. The molecule has 1 saturated carbocycles. The Hall–Kier alpha value is -5.65. The number of rotatable bonds is 11. The third-order valence-electron chi connectivity index (χ3n) is 10.0. The van der Waals surface area contributed by atoms with Gasteiger partial charge in [-0.3, -0.25) is 5.32 Å². The minimum atomic E-state index is -1.14. The number of aliphatic hydroxyl groups is 2. The molecule has 1 unspecified atom stereocenters. The number of tetrazole rings is 1. The summed E-state index contributed by atoms with van der Waals surface area (Å²) in [5, 5.41) is 48.3. The second-order valence-corrected chi connectivity index (χ2v) is 13.5. The van der Waals surface area contributed by atoms with Crippen LogP contribution in [0.4, 0.5) is 22.4 Å². The van der Waals surface area contributed by atoms with E-state index in [4.69, 9.17) is 19.5 Å². The van der Waals surface area contributed by atoms with Crippen molar-refractivity contribution < 1.29 is 19.5 Å². The summed E-state index contributed by atoms with van der Waals surface area (Å²) < 4.78 is 6.87. The second kappa shape index (κ2) is 15.8. The summed E-state index contributed by atoms with van der Waals surface area (Å²) in [6.07, 6.45) is 0.958. The van der Waals surface area contributed by atoms with Gasteiger partial charge in [-0.15, -0.1) is 22.6 Å². The lowest BCUT2D eigenvalue weighted by Gasteiger charge is -2.22. The molecule has 18 heteroatoms. The van der Waals surface area contributed by atoms with E-state index in [0.717, 1.165) is 11.1 Å². The van der Waals surface area contributed by atoms with E-state index in [1.165, 1.54) is 4.80 Å². The van der Waals surface area contributed by atoms with Crippen LogP contribution in [0.15, 0.2) is 77.6 Å². The summed E-state index contributed by atoms with van der Waals surface area (Å²) in [4.78, 5) is 30.9. The lowest BCUT2D eigenvalue weighted by molar-refractivity contribution is 0.00473. The molecule has 5 N–H and O–H groups in total. The number of aromatic nitrogens is 9. The molecule has 1 aliphatic heterocycles. The van der Waals surface area contributed by atoms with Gasteiger partial charge in [0.15, 0.2) is 28.6 Å². The molecule has 2 aromatic carbocycles. The maximum absolute atomic E-state index is 12.8. The van der Waals surface area contributed by atoms with Crippen molar-refractivity contribution in [2.24, 2.45) is 0 Å². The molecule has 2 amide bonds. The van der Waals surface area contributed by atoms with E-state index in [-0.39, 0.29) is 30.4 Å². The molecule has 4 aromatic heterocycles. The summed E-state index contributed by atoms with van der Waals surface area (Å²) in [6, 6.07) is 20.5. The van der Waals surface area contributed by atoms with Gasteiger partial charge in [0.05, 0.1) is 12.4 Å². The highest BCUT2D eigenvalue weighted by molar-refractivity contribution is 5.88. The van der Waals surface area contributed by atoms with E-state index in [9.17, 15) is 15.0 Å². The van der Waals surface area contributed by atoms with Gasteiger partial charge >= 0.3 is 6.03 Å². The molecule has 282 valence electrons. The number of nitrogens with zero attached hydrogens (tertiary/aromatic N) is 10. The molecular weight excluding hydrogens is 714 g/mol. The molecule has 5 atom stereocenters. The van der Waals surface area contributed by atoms with Gasteiger partial charge in [-0.2, -0.15) is 14.8 Å². The predicted molar refractivity (Wildman–Crippen MR) is 202 cm³/mol. The van der Waals surface area contributed by atoms with Crippen molar-refractivity contribution in [2.75, 3.05) is 35.2 Å². The smallest absolute Gasteiger partial charge is 0.320 e. The standard InChI is InChI=1S/C36H41N13O4.ClH/c1-3-28-43-46-49(44-28)27-17-26(31(50)32(27)51)48-20-38-30-33(37-18-25(22-10-6-4-7-11-22)23-12-8-5-9-13-23)41-35(42-34(30)48)47-15-14-24(19-47)39-36(52)40-29-16-21(2)53-45-29;/h4-13,16,20,24-27,31-32,50-51H,3,14-15,17-19H2,1-2H3,(H,37,41,42)(H2,39,40,45,52);1H/t24?,26-,27+,31+,32-;/m1./s1. The molecule has 5 heterocycles. The third kappa shape index (κ3) is 7.42. The zero-order valence-electron chi connectivity index (χ0n) is 29.7. The van der Waals surface area contributed by atoms with Gasteiger partial charge in [0, 0.05) is 44.1 Å². The first-order valence-corrected chi connectivity index (χ1v) is 17.8. The summed E-state index contributed by atoms with van der Waals surface area (Å²) in [7, 11) is 0. The van der Waals surface area contributed by atoms with Gasteiger partial charge < -0.3 is 34.8 Å². The lowest BCUT2D eigenvalue weighted by atomic mass is 9.91. The number of halogens is 1. The fraction of sp³-hybridized carbons (Fsp3) is 0.389. The molecule has 2 aliphatic rings. The number of amides is 2. The topological polar surface area (TPSA) is 210 Å². The van der Waals surface area contributed by atoms with Crippen LogP contribution in [0.25, 0.3) is 11.2 Å². The summed E-state index contributed by atoms with van der Waals surface area (Å²) in [5.74, 6) is 2.49. The molecule has 0 radical (unpaired) electrons. The molecule has 6 aromatic rings. The van der Waals surface area contributed by atoms with Crippen LogP contribution in [-0.4, -0.2) is 99.0 Å². The van der Waals surface area contributed by atoms with Gasteiger partial charge in [-0.1, -0.05) is 72.7 Å². The molecule has 2 fully saturated rings. The van der Waals surface area contributed by atoms with Gasteiger partial charge in [-0.05, 0) is 36.1 Å². The zero-order chi connectivity index (χ0) is 36.5. The Bertz CT molecular complexity index is 2140. The first kappa shape index (κ1) is 36.7. The second-order valence-electron chi connectivity index (χ2n) is 13.5. The zero-order valence-corrected chi connectivity index (χ0v) is 30.5. The summed E-state index contributed by atoms with van der Waals surface area (Å²) in [6.45, 7) is 5.26. The highest BCUT2D eigenvalue weighted by Gasteiger charge is 2.45. The van der Waals surface area contributed by atoms with E-state index in [1.807, 2.05) is 52.8 Å². The molecule has 17 nitrogen and oxygen atoms in total. The Kier molecular flexibility index (Phi) is 10.7. The average molecular weight is 756 g/mol. The Labute approximate surface area is 316 Å². The van der Waals surface area contributed by atoms with E-state index in [2.05, 4.69) is 60.8 Å².